The van der Waals surface area contributed by atoms with Gasteiger partial charge in [-0.3, -0.25) is 29.0 Å². The third kappa shape index (κ3) is 8.95. The second kappa shape index (κ2) is 15.9. The van der Waals surface area contributed by atoms with Crippen LogP contribution in [0.3, 0.4) is 0 Å². The van der Waals surface area contributed by atoms with Crippen molar-refractivity contribution < 1.29 is 29.1 Å². The minimum atomic E-state index is -1.40. The summed E-state index contributed by atoms with van der Waals surface area (Å²) in [7, 11) is 0. The fourth-order valence-electron chi connectivity index (χ4n) is 8.00. The van der Waals surface area contributed by atoms with E-state index in [1.165, 1.54) is 18.6 Å². The fourth-order valence-corrected chi connectivity index (χ4v) is 8.00. The molecule has 5 N–H and O–H groups in total. The van der Waals surface area contributed by atoms with Crippen molar-refractivity contribution in [3.63, 3.8) is 0 Å². The van der Waals surface area contributed by atoms with Crippen LogP contribution < -0.4 is 21.3 Å². The van der Waals surface area contributed by atoms with Crippen molar-refractivity contribution in [1.82, 2.24) is 36.1 Å². The molecule has 0 spiro atoms. The lowest BCUT2D eigenvalue weighted by Gasteiger charge is -2.38. The van der Waals surface area contributed by atoms with E-state index in [4.69, 9.17) is 0 Å². The summed E-state index contributed by atoms with van der Waals surface area (Å²) in [6, 6.07) is -3.35. The second-order valence-electron chi connectivity index (χ2n) is 15.7. The predicted molar refractivity (Wildman–Crippen MR) is 182 cm³/mol. The summed E-state index contributed by atoms with van der Waals surface area (Å²) in [6.07, 6.45) is 12.8. The number of amides is 5. The van der Waals surface area contributed by atoms with Gasteiger partial charge < -0.3 is 31.3 Å². The van der Waals surface area contributed by atoms with Crippen molar-refractivity contribution in [2.24, 2.45) is 23.2 Å². The number of rotatable bonds is 13. The highest BCUT2D eigenvalue weighted by Crippen LogP contribution is 2.43. The molecule has 13 nitrogen and oxygen atoms in total. The van der Waals surface area contributed by atoms with Crippen molar-refractivity contribution in [1.29, 1.82) is 0 Å². The SMILES string of the molecule is CCCC(NC(=O)[C@@H]1[C@H]2CCC[C@H]2CN1C(=O)[C@@H](NC(=O)[C@@H](NC(=O)c1cnccn1)C1CCCCC1)C(C)(C)C)C(O)C(=O)NC1CC1. The molecular weight excluding hydrogens is 626 g/mol. The lowest BCUT2D eigenvalue weighted by atomic mass is 9.82. The smallest absolute Gasteiger partial charge is 0.272 e. The highest BCUT2D eigenvalue weighted by atomic mass is 16.3. The molecule has 1 aromatic rings. The first-order valence-electron chi connectivity index (χ1n) is 18.4. The van der Waals surface area contributed by atoms with Crippen molar-refractivity contribution in [2.45, 2.75) is 141 Å². The van der Waals surface area contributed by atoms with E-state index >= 15 is 0 Å². The van der Waals surface area contributed by atoms with Gasteiger partial charge in [0.25, 0.3) is 11.8 Å². The molecule has 270 valence electrons. The molecule has 49 heavy (non-hydrogen) atoms. The van der Waals surface area contributed by atoms with E-state index in [-0.39, 0.29) is 41.3 Å². The van der Waals surface area contributed by atoms with Gasteiger partial charge in [0, 0.05) is 25.0 Å². The summed E-state index contributed by atoms with van der Waals surface area (Å²) >= 11 is 0. The van der Waals surface area contributed by atoms with Crippen molar-refractivity contribution in [3.05, 3.63) is 24.3 Å². The van der Waals surface area contributed by atoms with Gasteiger partial charge in [-0.1, -0.05) is 59.8 Å². The zero-order valence-electron chi connectivity index (χ0n) is 29.5. The van der Waals surface area contributed by atoms with Gasteiger partial charge in [0.15, 0.2) is 6.10 Å². The summed E-state index contributed by atoms with van der Waals surface area (Å²) < 4.78 is 0. The molecule has 4 fully saturated rings. The number of nitrogens with one attached hydrogen (secondary N) is 4. The molecule has 5 amide bonds. The van der Waals surface area contributed by atoms with Crippen LogP contribution in [0.1, 0.15) is 115 Å². The van der Waals surface area contributed by atoms with Gasteiger partial charge in [0.05, 0.1) is 12.2 Å². The van der Waals surface area contributed by atoms with Crippen LogP contribution in [0.2, 0.25) is 0 Å². The largest absolute Gasteiger partial charge is 0.381 e. The first-order chi connectivity index (χ1) is 23.4. The van der Waals surface area contributed by atoms with E-state index in [2.05, 4.69) is 31.2 Å². The number of carbonyl (C=O) groups excluding carboxylic acids is 5. The van der Waals surface area contributed by atoms with E-state index < -0.39 is 53.4 Å². The number of aromatic nitrogens is 2. The topological polar surface area (TPSA) is 183 Å². The van der Waals surface area contributed by atoms with Gasteiger partial charge in [-0.25, -0.2) is 4.98 Å². The van der Waals surface area contributed by atoms with Crippen LogP contribution in [0.15, 0.2) is 18.6 Å². The first kappa shape index (κ1) is 36.7. The van der Waals surface area contributed by atoms with Crippen LogP contribution >= 0.6 is 0 Å². The third-order valence-electron chi connectivity index (χ3n) is 10.8. The first-order valence-corrected chi connectivity index (χ1v) is 18.4. The average molecular weight is 682 g/mol. The lowest BCUT2D eigenvalue weighted by molar-refractivity contribution is -0.146. The van der Waals surface area contributed by atoms with E-state index in [0.717, 1.165) is 64.2 Å². The van der Waals surface area contributed by atoms with Crippen LogP contribution in [0.25, 0.3) is 0 Å². The highest BCUT2D eigenvalue weighted by molar-refractivity contribution is 5.98. The molecule has 0 aromatic carbocycles. The van der Waals surface area contributed by atoms with E-state index in [1.54, 1.807) is 4.90 Å². The molecule has 2 heterocycles. The number of hydrogen-bond acceptors (Lipinski definition) is 8. The van der Waals surface area contributed by atoms with Gasteiger partial charge in [-0.2, -0.15) is 0 Å². The Hall–Kier alpha value is -3.61. The quantitative estimate of drug-likeness (QED) is 0.210. The molecule has 13 heteroatoms. The molecule has 4 aliphatic rings. The monoisotopic (exact) mass is 681 g/mol. The molecule has 0 bridgehead atoms. The Labute approximate surface area is 289 Å². The van der Waals surface area contributed by atoms with Crippen molar-refractivity contribution in [3.8, 4) is 0 Å². The second-order valence-corrected chi connectivity index (χ2v) is 15.7. The Morgan fingerprint density at radius 1 is 0.918 bits per heavy atom. The Morgan fingerprint density at radius 3 is 2.29 bits per heavy atom. The Kier molecular flexibility index (Phi) is 11.9. The Morgan fingerprint density at radius 2 is 1.65 bits per heavy atom. The van der Waals surface area contributed by atoms with E-state index in [1.807, 2.05) is 27.7 Å². The molecule has 0 radical (unpaired) electrons. The summed E-state index contributed by atoms with van der Waals surface area (Å²) in [6.45, 7) is 7.95. The molecule has 1 aromatic heterocycles. The summed E-state index contributed by atoms with van der Waals surface area (Å²) in [4.78, 5) is 78.5. The van der Waals surface area contributed by atoms with Crippen LogP contribution in [0.5, 0.6) is 0 Å². The number of aliphatic hydroxyl groups excluding tert-OH is 1. The summed E-state index contributed by atoms with van der Waals surface area (Å²) in [5.74, 6) is -2.18. The van der Waals surface area contributed by atoms with Crippen molar-refractivity contribution in [2.75, 3.05) is 6.54 Å². The normalized spacial score (nSPS) is 25.0. The molecule has 1 saturated heterocycles. The van der Waals surface area contributed by atoms with Crippen LogP contribution in [-0.2, 0) is 19.2 Å². The third-order valence-corrected chi connectivity index (χ3v) is 10.8. The average Bonchev–Trinajstić information content (AvgIpc) is 3.65. The van der Waals surface area contributed by atoms with Crippen LogP contribution in [0.4, 0.5) is 0 Å². The molecule has 1 aliphatic heterocycles. The number of nitrogens with zero attached hydrogens (tertiary/aromatic N) is 3. The van der Waals surface area contributed by atoms with Crippen LogP contribution in [-0.4, -0.2) is 92.4 Å². The molecular formula is C36H55N7O6. The van der Waals surface area contributed by atoms with Gasteiger partial charge in [-0.15, -0.1) is 0 Å². The van der Waals surface area contributed by atoms with Gasteiger partial charge >= 0.3 is 0 Å². The molecule has 3 aliphatic carbocycles. The predicted octanol–water partition coefficient (Wildman–Crippen LogP) is 2.24. The maximum Gasteiger partial charge on any atom is 0.272 e. The van der Waals surface area contributed by atoms with Crippen LogP contribution in [0, 0.1) is 23.2 Å². The molecule has 5 rings (SSSR count). The molecule has 3 saturated carbocycles. The lowest BCUT2D eigenvalue weighted by Crippen LogP contribution is -2.62. The minimum Gasteiger partial charge on any atom is -0.381 e. The maximum atomic E-state index is 14.6. The number of aliphatic hydroxyl groups is 1. The molecule has 2 unspecified atom stereocenters. The Bertz CT molecular complexity index is 1340. The zero-order chi connectivity index (χ0) is 35.3. The van der Waals surface area contributed by atoms with E-state index in [9.17, 15) is 29.1 Å². The van der Waals surface area contributed by atoms with Gasteiger partial charge in [-0.05, 0) is 68.1 Å². The minimum absolute atomic E-state index is 0.0544. The van der Waals surface area contributed by atoms with Gasteiger partial charge in [0.2, 0.25) is 17.7 Å². The number of hydrogen-bond donors (Lipinski definition) is 5. The van der Waals surface area contributed by atoms with Gasteiger partial charge in [0.1, 0.15) is 23.8 Å². The standard InChI is InChI=1S/C36H55N7O6/c1-5-10-25(29(44)34(48)39-23-15-16-23)40-33(47)28-24-14-9-13-22(24)20-43(28)35(49)30(36(2,3)4)42-32(46)27(21-11-7-6-8-12-21)41-31(45)26-19-37-17-18-38-26/h17-19,21-25,27-30,44H,5-16,20H2,1-4H3,(H,39,48)(H,40,47)(H,41,45)(H,42,46)/t22-,24-,25?,27-,28-,29?,30+/m0/s1. The van der Waals surface area contributed by atoms with E-state index in [0.29, 0.717) is 19.4 Å². The molecule has 7 atom stereocenters. The number of fused-ring (bicyclic) bond motifs is 1. The highest BCUT2D eigenvalue weighted by Gasteiger charge is 2.52. The zero-order valence-corrected chi connectivity index (χ0v) is 29.5. The summed E-state index contributed by atoms with van der Waals surface area (Å²) in [5, 5.41) is 22.6. The maximum absolute atomic E-state index is 14.6. The number of likely N-dealkylation sites (tertiary alicyclic amines) is 1. The van der Waals surface area contributed by atoms with Crippen molar-refractivity contribution >= 4 is 29.5 Å². The summed E-state index contributed by atoms with van der Waals surface area (Å²) in [5.41, 5.74) is -0.618. The Balaban J connectivity index is 1.35. The number of carbonyl (C=O) groups is 5. The fraction of sp³-hybridized carbons (Fsp3) is 0.750.